The molecule has 0 bridgehead atoms. The van der Waals surface area contributed by atoms with E-state index in [9.17, 15) is 14.4 Å². The molecule has 0 aromatic heterocycles. The van der Waals surface area contributed by atoms with E-state index in [1.165, 1.54) is 0 Å². The van der Waals surface area contributed by atoms with Gasteiger partial charge in [-0.05, 0) is 56.7 Å². The molecule has 0 aliphatic rings. The van der Waals surface area contributed by atoms with E-state index in [2.05, 4.69) is 24.1 Å². The number of amides is 3. The first-order chi connectivity index (χ1) is 16.5. The highest BCUT2D eigenvalue weighted by Gasteiger charge is 2.37. The van der Waals surface area contributed by atoms with Gasteiger partial charge in [-0.1, -0.05) is 71.4 Å². The van der Waals surface area contributed by atoms with E-state index in [-0.39, 0.29) is 17.7 Å². The summed E-state index contributed by atoms with van der Waals surface area (Å²) in [5, 5.41) is 5.78. The second-order valence-electron chi connectivity index (χ2n) is 9.96. The van der Waals surface area contributed by atoms with Crippen molar-refractivity contribution in [3.8, 4) is 0 Å². The Hall–Kier alpha value is -2.83. The minimum Gasteiger partial charge on any atom is -0.444 e. The van der Waals surface area contributed by atoms with Crippen LogP contribution in [0.5, 0.6) is 0 Å². The number of benzene rings is 1. The molecule has 7 heteroatoms. The second-order valence-corrected chi connectivity index (χ2v) is 9.96. The van der Waals surface area contributed by atoms with Crippen LogP contribution in [-0.4, -0.2) is 47.5 Å². The lowest BCUT2D eigenvalue weighted by Crippen LogP contribution is -2.55. The van der Waals surface area contributed by atoms with Crippen molar-refractivity contribution in [2.24, 2.45) is 5.92 Å². The Morgan fingerprint density at radius 3 is 2.37 bits per heavy atom. The smallest absolute Gasteiger partial charge is 0.408 e. The Bertz CT molecular complexity index is 847. The summed E-state index contributed by atoms with van der Waals surface area (Å²) in [7, 11) is 0. The van der Waals surface area contributed by atoms with Crippen LogP contribution < -0.4 is 10.6 Å². The second kappa shape index (κ2) is 14.5. The number of hydrogen-bond acceptors (Lipinski definition) is 4. The zero-order valence-electron chi connectivity index (χ0n) is 22.6. The molecule has 1 aromatic rings. The topological polar surface area (TPSA) is 87.7 Å². The summed E-state index contributed by atoms with van der Waals surface area (Å²) in [6.07, 6.45) is 4.20. The van der Waals surface area contributed by atoms with Gasteiger partial charge in [0.1, 0.15) is 17.7 Å². The van der Waals surface area contributed by atoms with E-state index in [0.717, 1.165) is 18.4 Å². The fraction of sp³-hybridized carbons (Fsp3) is 0.607. The molecule has 1 rings (SSSR count). The molecule has 0 spiro atoms. The summed E-state index contributed by atoms with van der Waals surface area (Å²) >= 11 is 0. The molecule has 7 nitrogen and oxygen atoms in total. The van der Waals surface area contributed by atoms with Crippen LogP contribution in [0.2, 0.25) is 0 Å². The van der Waals surface area contributed by atoms with Crippen molar-refractivity contribution in [3.63, 3.8) is 0 Å². The Kier molecular flexibility index (Phi) is 12.5. The van der Waals surface area contributed by atoms with E-state index in [1.807, 2.05) is 45.0 Å². The summed E-state index contributed by atoms with van der Waals surface area (Å²) in [4.78, 5) is 41.7. The standard InChI is InChI=1S/C28H45N3O4/c1-9-13-17-29-25(32)24(22-16-14-15-21(12-4)19-22)31(18-10-2)26(33)23(20(5)11-3)30-27(34)35-28(6,7)8/h12,14-16,19-20,23-24H,4,9-11,13,17-18H2,1-3,5-8H3,(H,29,32)(H,30,34). The number of hydrogen-bond donors (Lipinski definition) is 2. The number of nitrogens with zero attached hydrogens (tertiary/aromatic N) is 1. The highest BCUT2D eigenvalue weighted by atomic mass is 16.6. The third-order valence-corrected chi connectivity index (χ3v) is 5.75. The molecule has 3 amide bonds. The number of carbonyl (C=O) groups excluding carboxylic acids is 3. The predicted octanol–water partition coefficient (Wildman–Crippen LogP) is 5.47. The van der Waals surface area contributed by atoms with Gasteiger partial charge in [-0.15, -0.1) is 0 Å². The average molecular weight is 488 g/mol. The van der Waals surface area contributed by atoms with E-state index >= 15 is 0 Å². The summed E-state index contributed by atoms with van der Waals surface area (Å²) in [6, 6.07) is 5.85. The molecular formula is C28H45N3O4. The van der Waals surface area contributed by atoms with Crippen LogP contribution in [0.15, 0.2) is 30.8 Å². The first-order valence-electron chi connectivity index (χ1n) is 12.8. The SMILES string of the molecule is C=Cc1cccc(C(C(=O)NCCCC)N(CCC)C(=O)C(NC(=O)OC(C)(C)C)C(C)CC)c1. The molecule has 0 saturated carbocycles. The number of ether oxygens (including phenoxy) is 1. The Morgan fingerprint density at radius 2 is 1.83 bits per heavy atom. The van der Waals surface area contributed by atoms with Crippen LogP contribution in [0.25, 0.3) is 6.08 Å². The van der Waals surface area contributed by atoms with E-state index < -0.39 is 23.8 Å². The molecule has 2 N–H and O–H groups in total. The fourth-order valence-electron chi connectivity index (χ4n) is 3.72. The predicted molar refractivity (Wildman–Crippen MR) is 142 cm³/mol. The minimum atomic E-state index is -0.828. The van der Waals surface area contributed by atoms with Crippen molar-refractivity contribution < 1.29 is 19.1 Å². The van der Waals surface area contributed by atoms with Crippen LogP contribution in [0, 0.1) is 5.92 Å². The summed E-state index contributed by atoms with van der Waals surface area (Å²) in [5.41, 5.74) is 0.879. The average Bonchev–Trinajstić information content (AvgIpc) is 2.80. The van der Waals surface area contributed by atoms with Crippen molar-refractivity contribution in [3.05, 3.63) is 42.0 Å². The highest BCUT2D eigenvalue weighted by Crippen LogP contribution is 2.26. The van der Waals surface area contributed by atoms with E-state index in [4.69, 9.17) is 4.74 Å². The molecular weight excluding hydrogens is 442 g/mol. The quantitative estimate of drug-likeness (QED) is 0.361. The lowest BCUT2D eigenvalue weighted by atomic mass is 9.95. The van der Waals surface area contributed by atoms with Gasteiger partial charge >= 0.3 is 6.09 Å². The van der Waals surface area contributed by atoms with Crippen LogP contribution in [0.3, 0.4) is 0 Å². The molecule has 0 saturated heterocycles. The lowest BCUT2D eigenvalue weighted by molar-refractivity contribution is -0.143. The van der Waals surface area contributed by atoms with Gasteiger partial charge in [-0.2, -0.15) is 0 Å². The molecule has 0 radical (unpaired) electrons. The maximum atomic E-state index is 14.0. The Morgan fingerprint density at radius 1 is 1.14 bits per heavy atom. The minimum absolute atomic E-state index is 0.155. The van der Waals surface area contributed by atoms with Gasteiger partial charge in [-0.25, -0.2) is 4.79 Å². The van der Waals surface area contributed by atoms with Crippen LogP contribution in [0.4, 0.5) is 4.79 Å². The summed E-state index contributed by atoms with van der Waals surface area (Å²) in [5.74, 6) is -0.689. The normalized spacial score (nSPS) is 13.8. The Labute approximate surface area is 211 Å². The summed E-state index contributed by atoms with van der Waals surface area (Å²) in [6.45, 7) is 18.0. The van der Waals surface area contributed by atoms with Gasteiger partial charge in [0.2, 0.25) is 11.8 Å². The molecule has 0 fully saturated rings. The molecule has 196 valence electrons. The van der Waals surface area contributed by atoms with Gasteiger partial charge in [0.25, 0.3) is 0 Å². The molecule has 3 unspecified atom stereocenters. The molecule has 1 aromatic carbocycles. The van der Waals surface area contributed by atoms with Gasteiger partial charge in [0.15, 0.2) is 0 Å². The van der Waals surface area contributed by atoms with Crippen molar-refractivity contribution >= 4 is 24.0 Å². The number of carbonyl (C=O) groups is 3. The van der Waals surface area contributed by atoms with E-state index in [0.29, 0.717) is 31.5 Å². The zero-order chi connectivity index (χ0) is 26.6. The fourth-order valence-corrected chi connectivity index (χ4v) is 3.72. The van der Waals surface area contributed by atoms with Crippen molar-refractivity contribution in [2.75, 3.05) is 13.1 Å². The van der Waals surface area contributed by atoms with Crippen LogP contribution >= 0.6 is 0 Å². The van der Waals surface area contributed by atoms with Gasteiger partial charge in [0.05, 0.1) is 0 Å². The first kappa shape index (κ1) is 30.2. The van der Waals surface area contributed by atoms with E-state index in [1.54, 1.807) is 31.7 Å². The van der Waals surface area contributed by atoms with Crippen molar-refractivity contribution in [1.29, 1.82) is 0 Å². The van der Waals surface area contributed by atoms with Gasteiger partial charge < -0.3 is 20.3 Å². The summed E-state index contributed by atoms with van der Waals surface area (Å²) < 4.78 is 5.43. The Balaban J connectivity index is 3.45. The van der Waals surface area contributed by atoms with Gasteiger partial charge in [0, 0.05) is 13.1 Å². The monoisotopic (exact) mass is 487 g/mol. The number of rotatable bonds is 13. The van der Waals surface area contributed by atoms with Crippen molar-refractivity contribution in [1.82, 2.24) is 15.5 Å². The highest BCUT2D eigenvalue weighted by molar-refractivity contribution is 5.92. The zero-order valence-corrected chi connectivity index (χ0v) is 22.6. The first-order valence-corrected chi connectivity index (χ1v) is 12.8. The van der Waals surface area contributed by atoms with Gasteiger partial charge in [-0.3, -0.25) is 9.59 Å². The molecule has 0 aliphatic carbocycles. The molecule has 0 heterocycles. The maximum absolute atomic E-state index is 14.0. The largest absolute Gasteiger partial charge is 0.444 e. The molecule has 3 atom stereocenters. The molecule has 0 aliphatic heterocycles. The third-order valence-electron chi connectivity index (χ3n) is 5.75. The number of nitrogens with one attached hydrogen (secondary N) is 2. The molecule has 35 heavy (non-hydrogen) atoms. The third kappa shape index (κ3) is 9.74. The lowest BCUT2D eigenvalue weighted by Gasteiger charge is -2.36. The van der Waals surface area contributed by atoms with Crippen LogP contribution in [0.1, 0.15) is 91.3 Å². The van der Waals surface area contributed by atoms with Crippen LogP contribution in [-0.2, 0) is 14.3 Å². The number of alkyl carbamates (subject to hydrolysis) is 1. The number of unbranched alkanes of at least 4 members (excludes halogenated alkanes) is 1. The van der Waals surface area contributed by atoms with Crippen molar-refractivity contribution in [2.45, 2.75) is 91.8 Å². The maximum Gasteiger partial charge on any atom is 0.408 e.